The Morgan fingerprint density at radius 2 is 2.00 bits per heavy atom. The second kappa shape index (κ2) is 7.90. The summed E-state index contributed by atoms with van der Waals surface area (Å²) in [6, 6.07) is 7.59. The lowest BCUT2D eigenvalue weighted by molar-refractivity contribution is -0.385. The van der Waals surface area contributed by atoms with E-state index >= 15 is 0 Å². The van der Waals surface area contributed by atoms with Crippen LogP contribution in [0.15, 0.2) is 48.9 Å². The lowest BCUT2D eigenvalue weighted by atomic mass is 10.1. The van der Waals surface area contributed by atoms with Crippen LogP contribution in [0.5, 0.6) is 0 Å². The van der Waals surface area contributed by atoms with Crippen molar-refractivity contribution in [2.24, 2.45) is 0 Å². The minimum absolute atomic E-state index is 0.0358. The fourth-order valence-electron chi connectivity index (χ4n) is 3.32. The summed E-state index contributed by atoms with van der Waals surface area (Å²) in [6.07, 6.45) is 1.53. The monoisotopic (exact) mass is 411 g/mol. The Labute approximate surface area is 169 Å². The van der Waals surface area contributed by atoms with Crippen molar-refractivity contribution in [2.75, 3.05) is 0 Å². The Morgan fingerprint density at radius 3 is 2.70 bits per heavy atom. The number of halogens is 2. The summed E-state index contributed by atoms with van der Waals surface area (Å²) in [6.45, 7) is 0.354. The van der Waals surface area contributed by atoms with Gasteiger partial charge in [0, 0.05) is 43.3 Å². The summed E-state index contributed by atoms with van der Waals surface area (Å²) in [7, 11) is 0. The van der Waals surface area contributed by atoms with Crippen LogP contribution < -0.4 is 0 Å². The van der Waals surface area contributed by atoms with Crippen molar-refractivity contribution in [1.29, 1.82) is 0 Å². The molecular weight excluding hydrogens is 396 g/mol. The Hall–Kier alpha value is -3.82. The first-order valence-electron chi connectivity index (χ1n) is 9.00. The highest BCUT2D eigenvalue weighted by atomic mass is 19.3. The molecule has 0 saturated carbocycles. The SMILES string of the molecule is O=C(Cc1nc(-c2cccnc2)ccc1[N+](=O)[O-])N1Cc2cnc(C(F)F)cc2C1. The maximum absolute atomic E-state index is 12.9. The van der Waals surface area contributed by atoms with Crippen molar-refractivity contribution in [1.82, 2.24) is 19.9 Å². The van der Waals surface area contributed by atoms with Gasteiger partial charge < -0.3 is 4.90 Å². The van der Waals surface area contributed by atoms with Gasteiger partial charge in [-0.1, -0.05) is 0 Å². The van der Waals surface area contributed by atoms with Crippen LogP contribution in [-0.4, -0.2) is 30.7 Å². The maximum Gasteiger partial charge on any atom is 0.291 e. The van der Waals surface area contributed by atoms with Gasteiger partial charge in [0.1, 0.15) is 11.4 Å². The topological polar surface area (TPSA) is 102 Å². The summed E-state index contributed by atoms with van der Waals surface area (Å²) in [4.78, 5) is 37.1. The molecule has 10 heteroatoms. The Morgan fingerprint density at radius 1 is 1.20 bits per heavy atom. The van der Waals surface area contributed by atoms with E-state index < -0.39 is 11.3 Å². The quantitative estimate of drug-likeness (QED) is 0.471. The van der Waals surface area contributed by atoms with Crippen LogP contribution >= 0.6 is 0 Å². The molecular formula is C20H15F2N5O3. The third-order valence-corrected chi connectivity index (χ3v) is 4.83. The zero-order valence-electron chi connectivity index (χ0n) is 15.5. The van der Waals surface area contributed by atoms with Crippen molar-refractivity contribution < 1.29 is 18.5 Å². The molecule has 0 aromatic carbocycles. The molecule has 0 fully saturated rings. The van der Waals surface area contributed by atoms with E-state index in [1.54, 1.807) is 24.5 Å². The highest BCUT2D eigenvalue weighted by molar-refractivity contribution is 5.80. The summed E-state index contributed by atoms with van der Waals surface area (Å²) < 4.78 is 25.7. The van der Waals surface area contributed by atoms with Gasteiger partial charge in [-0.3, -0.25) is 24.9 Å². The van der Waals surface area contributed by atoms with Gasteiger partial charge in [-0.25, -0.2) is 13.8 Å². The number of aromatic nitrogens is 3. The van der Waals surface area contributed by atoms with Crippen LogP contribution in [0.3, 0.4) is 0 Å². The highest BCUT2D eigenvalue weighted by Gasteiger charge is 2.28. The van der Waals surface area contributed by atoms with Gasteiger partial charge in [0.2, 0.25) is 5.91 Å². The first kappa shape index (κ1) is 19.5. The van der Waals surface area contributed by atoms with Gasteiger partial charge in [-0.2, -0.15) is 0 Å². The fourth-order valence-corrected chi connectivity index (χ4v) is 3.32. The Bertz CT molecular complexity index is 1120. The van der Waals surface area contributed by atoms with Gasteiger partial charge in [0.25, 0.3) is 12.1 Å². The standard InChI is InChI=1S/C20H15F2N5O3/c21-20(22)17-6-13-10-26(11-14(13)9-24-17)19(28)7-16-18(27(29)30)4-3-15(25-16)12-2-1-5-23-8-12/h1-6,8-9,20H,7,10-11H2. The van der Waals surface area contributed by atoms with Gasteiger partial charge in [-0.15, -0.1) is 0 Å². The molecule has 0 radical (unpaired) electrons. The van der Waals surface area contributed by atoms with Crippen molar-refractivity contribution >= 4 is 11.6 Å². The zero-order chi connectivity index (χ0) is 21.3. The molecule has 0 bridgehead atoms. The number of nitro groups is 1. The van der Waals surface area contributed by atoms with Crippen LogP contribution in [-0.2, 0) is 24.3 Å². The van der Waals surface area contributed by atoms with Gasteiger partial charge in [0.15, 0.2) is 0 Å². The molecule has 0 unspecified atom stereocenters. The number of nitrogens with zero attached hydrogens (tertiary/aromatic N) is 5. The van der Waals surface area contributed by atoms with Gasteiger partial charge >= 0.3 is 0 Å². The molecule has 8 nitrogen and oxygen atoms in total. The van der Waals surface area contributed by atoms with Gasteiger partial charge in [0.05, 0.1) is 17.0 Å². The molecule has 3 aromatic rings. The molecule has 4 heterocycles. The number of hydrogen-bond donors (Lipinski definition) is 0. The minimum atomic E-state index is -2.69. The smallest absolute Gasteiger partial charge is 0.291 e. The van der Waals surface area contributed by atoms with Crippen molar-refractivity contribution in [2.45, 2.75) is 25.9 Å². The van der Waals surface area contributed by atoms with E-state index in [9.17, 15) is 23.7 Å². The molecule has 0 atom stereocenters. The summed E-state index contributed by atoms with van der Waals surface area (Å²) in [5, 5.41) is 11.4. The van der Waals surface area contributed by atoms with E-state index in [1.165, 1.54) is 29.3 Å². The minimum Gasteiger partial charge on any atom is -0.334 e. The molecule has 1 amide bonds. The van der Waals surface area contributed by atoms with E-state index in [-0.39, 0.29) is 42.5 Å². The highest BCUT2D eigenvalue weighted by Crippen LogP contribution is 2.28. The molecule has 4 rings (SSSR count). The average Bonchev–Trinajstić information content (AvgIpc) is 3.17. The third kappa shape index (κ3) is 3.84. The number of carbonyl (C=O) groups is 1. The molecule has 1 aliphatic heterocycles. The summed E-state index contributed by atoms with van der Waals surface area (Å²) in [5.41, 5.74) is 1.85. The van der Waals surface area contributed by atoms with E-state index in [0.29, 0.717) is 22.4 Å². The van der Waals surface area contributed by atoms with Crippen LogP contribution in [0.25, 0.3) is 11.3 Å². The number of carbonyl (C=O) groups excluding carboxylic acids is 1. The van der Waals surface area contributed by atoms with Crippen molar-refractivity contribution in [3.63, 3.8) is 0 Å². The molecule has 0 spiro atoms. The van der Waals surface area contributed by atoms with E-state index in [2.05, 4.69) is 15.0 Å². The van der Waals surface area contributed by atoms with Crippen molar-refractivity contribution in [3.05, 3.63) is 81.6 Å². The largest absolute Gasteiger partial charge is 0.334 e. The third-order valence-electron chi connectivity index (χ3n) is 4.83. The molecule has 0 saturated heterocycles. The molecule has 0 aliphatic carbocycles. The maximum atomic E-state index is 12.9. The Balaban J connectivity index is 1.57. The lowest BCUT2D eigenvalue weighted by Crippen LogP contribution is -2.27. The number of amides is 1. The van der Waals surface area contributed by atoms with E-state index in [4.69, 9.17) is 0 Å². The Kier molecular flexibility index (Phi) is 5.13. The first-order valence-corrected chi connectivity index (χ1v) is 9.00. The fraction of sp³-hybridized carbons (Fsp3) is 0.200. The normalized spacial score (nSPS) is 12.8. The van der Waals surface area contributed by atoms with E-state index in [1.807, 2.05) is 0 Å². The molecule has 152 valence electrons. The summed E-state index contributed by atoms with van der Waals surface area (Å²) in [5.74, 6) is -0.385. The van der Waals surface area contributed by atoms with E-state index in [0.717, 1.165) is 0 Å². The lowest BCUT2D eigenvalue weighted by Gasteiger charge is -2.15. The number of hydrogen-bond acceptors (Lipinski definition) is 6. The van der Waals surface area contributed by atoms with Crippen LogP contribution in [0.4, 0.5) is 14.5 Å². The number of rotatable bonds is 5. The second-order valence-corrected chi connectivity index (χ2v) is 6.77. The van der Waals surface area contributed by atoms with Crippen molar-refractivity contribution in [3.8, 4) is 11.3 Å². The van der Waals surface area contributed by atoms with Gasteiger partial charge in [-0.05, 0) is 35.4 Å². The number of fused-ring (bicyclic) bond motifs is 1. The zero-order valence-corrected chi connectivity index (χ0v) is 15.5. The predicted octanol–water partition coefficient (Wildman–Crippen LogP) is 3.47. The number of alkyl halides is 2. The average molecular weight is 411 g/mol. The molecule has 3 aromatic heterocycles. The molecule has 1 aliphatic rings. The van der Waals surface area contributed by atoms with Crippen LogP contribution in [0.2, 0.25) is 0 Å². The first-order chi connectivity index (χ1) is 14.4. The predicted molar refractivity (Wildman–Crippen MR) is 101 cm³/mol. The molecule has 0 N–H and O–H groups in total. The van der Waals surface area contributed by atoms with Crippen LogP contribution in [0.1, 0.15) is 28.9 Å². The van der Waals surface area contributed by atoms with Crippen LogP contribution in [0, 0.1) is 10.1 Å². The second-order valence-electron chi connectivity index (χ2n) is 6.77. The molecule has 30 heavy (non-hydrogen) atoms. The number of pyridine rings is 3. The summed E-state index contributed by atoms with van der Waals surface area (Å²) >= 11 is 0.